The standard InChI is InChI=1S/C14H18IN3O/c1-4-11(3)18-6-5-12(16-18)8-17-9-13(15)10(2)7-14(17)19/h5-7,9,11H,4,8H2,1-3H3. The zero-order valence-corrected chi connectivity index (χ0v) is 13.6. The Balaban J connectivity index is 2.24. The molecule has 0 aliphatic heterocycles. The molecular weight excluding hydrogens is 353 g/mol. The molecule has 102 valence electrons. The summed E-state index contributed by atoms with van der Waals surface area (Å²) in [6.45, 7) is 6.75. The van der Waals surface area contributed by atoms with E-state index in [1.165, 1.54) is 0 Å². The minimum absolute atomic E-state index is 0.0241. The highest BCUT2D eigenvalue weighted by Crippen LogP contribution is 2.11. The third kappa shape index (κ3) is 3.26. The van der Waals surface area contributed by atoms with Gasteiger partial charge in [-0.15, -0.1) is 0 Å². The van der Waals surface area contributed by atoms with Crippen LogP contribution in [0.3, 0.4) is 0 Å². The minimum Gasteiger partial charge on any atom is -0.308 e. The maximum atomic E-state index is 11.9. The zero-order valence-electron chi connectivity index (χ0n) is 11.4. The first-order valence-electron chi connectivity index (χ1n) is 6.42. The summed E-state index contributed by atoms with van der Waals surface area (Å²) >= 11 is 2.25. The van der Waals surface area contributed by atoms with Crippen LogP contribution in [-0.2, 0) is 6.54 Å². The highest BCUT2D eigenvalue weighted by Gasteiger charge is 2.07. The molecule has 0 spiro atoms. The smallest absolute Gasteiger partial charge is 0.251 e. The van der Waals surface area contributed by atoms with E-state index < -0.39 is 0 Å². The second-order valence-corrected chi connectivity index (χ2v) is 5.98. The highest BCUT2D eigenvalue weighted by atomic mass is 127. The van der Waals surface area contributed by atoms with Crippen LogP contribution in [0.1, 0.15) is 37.6 Å². The van der Waals surface area contributed by atoms with E-state index in [1.54, 1.807) is 10.6 Å². The Morgan fingerprint density at radius 2 is 2.21 bits per heavy atom. The fourth-order valence-electron chi connectivity index (χ4n) is 1.83. The quantitative estimate of drug-likeness (QED) is 0.776. The molecule has 0 radical (unpaired) electrons. The maximum absolute atomic E-state index is 11.9. The van der Waals surface area contributed by atoms with E-state index in [1.807, 2.05) is 30.1 Å². The topological polar surface area (TPSA) is 39.8 Å². The monoisotopic (exact) mass is 371 g/mol. The second kappa shape index (κ2) is 5.90. The molecule has 0 saturated heterocycles. The van der Waals surface area contributed by atoms with Gasteiger partial charge in [-0.05, 0) is 54.5 Å². The van der Waals surface area contributed by atoms with Gasteiger partial charge in [-0.2, -0.15) is 5.10 Å². The molecule has 2 aromatic rings. The minimum atomic E-state index is 0.0241. The number of halogens is 1. The number of hydrogen-bond acceptors (Lipinski definition) is 2. The number of pyridine rings is 1. The van der Waals surface area contributed by atoms with Gasteiger partial charge in [0.05, 0.1) is 12.2 Å². The largest absolute Gasteiger partial charge is 0.308 e. The van der Waals surface area contributed by atoms with Crippen LogP contribution in [-0.4, -0.2) is 14.3 Å². The molecule has 0 fully saturated rings. The molecule has 5 heteroatoms. The summed E-state index contributed by atoms with van der Waals surface area (Å²) < 4.78 is 4.76. The van der Waals surface area contributed by atoms with Gasteiger partial charge < -0.3 is 4.57 Å². The Hall–Kier alpha value is -1.11. The van der Waals surface area contributed by atoms with Gasteiger partial charge in [-0.3, -0.25) is 9.48 Å². The van der Waals surface area contributed by atoms with E-state index in [9.17, 15) is 4.79 Å². The van der Waals surface area contributed by atoms with Gasteiger partial charge >= 0.3 is 0 Å². The van der Waals surface area contributed by atoms with Crippen LogP contribution < -0.4 is 5.56 Å². The lowest BCUT2D eigenvalue weighted by Gasteiger charge is -2.09. The average Bonchev–Trinajstić information content (AvgIpc) is 2.83. The van der Waals surface area contributed by atoms with Crippen molar-refractivity contribution in [2.24, 2.45) is 0 Å². The summed E-state index contributed by atoms with van der Waals surface area (Å²) in [6.07, 6.45) is 4.91. The summed E-state index contributed by atoms with van der Waals surface area (Å²) in [6, 6.07) is 4.04. The Labute approximate surface area is 126 Å². The van der Waals surface area contributed by atoms with Crippen molar-refractivity contribution in [3.8, 4) is 0 Å². The predicted molar refractivity (Wildman–Crippen MR) is 84.5 cm³/mol. The maximum Gasteiger partial charge on any atom is 0.251 e. The van der Waals surface area contributed by atoms with E-state index >= 15 is 0 Å². The Kier molecular flexibility index (Phi) is 4.44. The normalized spacial score (nSPS) is 12.6. The van der Waals surface area contributed by atoms with Crippen molar-refractivity contribution in [1.29, 1.82) is 0 Å². The van der Waals surface area contributed by atoms with Crippen molar-refractivity contribution in [2.75, 3.05) is 0 Å². The molecule has 2 rings (SSSR count). The number of hydrogen-bond donors (Lipinski definition) is 0. The first-order chi connectivity index (χ1) is 9.01. The van der Waals surface area contributed by atoms with Crippen LogP contribution in [0.5, 0.6) is 0 Å². The molecule has 0 amide bonds. The van der Waals surface area contributed by atoms with Crippen LogP contribution in [0.15, 0.2) is 29.3 Å². The van der Waals surface area contributed by atoms with Gasteiger partial charge in [0.15, 0.2) is 0 Å². The number of rotatable bonds is 4. The molecule has 0 aliphatic carbocycles. The van der Waals surface area contributed by atoms with Crippen LogP contribution >= 0.6 is 22.6 Å². The first kappa shape index (κ1) is 14.3. The van der Waals surface area contributed by atoms with Crippen molar-refractivity contribution in [1.82, 2.24) is 14.3 Å². The van der Waals surface area contributed by atoms with Gasteiger partial charge in [0.1, 0.15) is 0 Å². The molecule has 4 nitrogen and oxygen atoms in total. The van der Waals surface area contributed by atoms with Crippen molar-refractivity contribution >= 4 is 22.6 Å². The van der Waals surface area contributed by atoms with E-state index in [4.69, 9.17) is 0 Å². The first-order valence-corrected chi connectivity index (χ1v) is 7.49. The van der Waals surface area contributed by atoms with E-state index in [0.717, 1.165) is 21.2 Å². The van der Waals surface area contributed by atoms with Gasteiger partial charge in [-0.1, -0.05) is 6.92 Å². The van der Waals surface area contributed by atoms with Gasteiger partial charge in [-0.25, -0.2) is 0 Å². The molecule has 19 heavy (non-hydrogen) atoms. The Morgan fingerprint density at radius 1 is 1.47 bits per heavy atom. The number of nitrogens with zero attached hydrogens (tertiary/aromatic N) is 3. The fraction of sp³-hybridized carbons (Fsp3) is 0.429. The second-order valence-electron chi connectivity index (χ2n) is 4.81. The van der Waals surface area contributed by atoms with Gasteiger partial charge in [0, 0.05) is 28.1 Å². The lowest BCUT2D eigenvalue weighted by Crippen LogP contribution is -2.21. The van der Waals surface area contributed by atoms with Crippen molar-refractivity contribution < 1.29 is 0 Å². The summed E-state index contributed by atoms with van der Waals surface area (Å²) in [5.41, 5.74) is 1.96. The summed E-state index contributed by atoms with van der Waals surface area (Å²) in [5.74, 6) is 0. The Morgan fingerprint density at radius 3 is 2.89 bits per heavy atom. The molecule has 0 bridgehead atoms. The molecule has 0 aromatic carbocycles. The van der Waals surface area contributed by atoms with Crippen LogP contribution in [0.4, 0.5) is 0 Å². The third-order valence-electron chi connectivity index (χ3n) is 3.31. The summed E-state index contributed by atoms with van der Waals surface area (Å²) in [4.78, 5) is 11.9. The number of aromatic nitrogens is 3. The molecule has 1 atom stereocenters. The third-order valence-corrected chi connectivity index (χ3v) is 4.44. The van der Waals surface area contributed by atoms with Crippen molar-refractivity contribution in [3.63, 3.8) is 0 Å². The lowest BCUT2D eigenvalue weighted by atomic mass is 10.3. The molecule has 2 heterocycles. The summed E-state index contributed by atoms with van der Waals surface area (Å²) in [7, 11) is 0. The number of aryl methyl sites for hydroxylation is 1. The molecule has 2 aromatic heterocycles. The van der Waals surface area contributed by atoms with E-state index in [-0.39, 0.29) is 5.56 Å². The zero-order chi connectivity index (χ0) is 14.0. The molecule has 0 aliphatic rings. The fourth-order valence-corrected chi connectivity index (χ4v) is 2.32. The highest BCUT2D eigenvalue weighted by molar-refractivity contribution is 14.1. The average molecular weight is 371 g/mol. The molecule has 0 N–H and O–H groups in total. The van der Waals surface area contributed by atoms with Crippen LogP contribution in [0, 0.1) is 10.5 Å². The molecule has 0 saturated carbocycles. The van der Waals surface area contributed by atoms with Gasteiger partial charge in [0.25, 0.3) is 5.56 Å². The van der Waals surface area contributed by atoms with E-state index in [2.05, 4.69) is 41.5 Å². The van der Waals surface area contributed by atoms with Crippen molar-refractivity contribution in [2.45, 2.75) is 39.8 Å². The van der Waals surface area contributed by atoms with Crippen molar-refractivity contribution in [3.05, 3.63) is 49.7 Å². The molecule has 1 unspecified atom stereocenters. The SMILES string of the molecule is CCC(C)n1ccc(Cn2cc(I)c(C)cc2=O)n1. The predicted octanol–water partition coefficient (Wildman–Crippen LogP) is 2.98. The van der Waals surface area contributed by atoms with Crippen LogP contribution in [0.25, 0.3) is 0 Å². The van der Waals surface area contributed by atoms with Gasteiger partial charge in [0.2, 0.25) is 0 Å². The Bertz CT molecular complexity index is 630. The van der Waals surface area contributed by atoms with Crippen LogP contribution in [0.2, 0.25) is 0 Å². The van der Waals surface area contributed by atoms with E-state index in [0.29, 0.717) is 12.6 Å². The lowest BCUT2D eigenvalue weighted by molar-refractivity contribution is 0.472. The molecular formula is C14H18IN3O. The summed E-state index contributed by atoms with van der Waals surface area (Å²) in [5, 5.41) is 4.52.